The molecule has 1 amide bonds. The summed E-state index contributed by atoms with van der Waals surface area (Å²) in [4.78, 5) is 14.4. The number of amides is 1. The first kappa shape index (κ1) is 15.3. The molecule has 5 nitrogen and oxygen atoms in total. The molecule has 2 aliphatic heterocycles. The van der Waals surface area contributed by atoms with Crippen molar-refractivity contribution >= 4 is 5.91 Å². The van der Waals surface area contributed by atoms with Crippen LogP contribution in [0.4, 0.5) is 0 Å². The number of nitrogens with zero attached hydrogens (tertiary/aromatic N) is 1. The molecule has 0 aliphatic carbocycles. The van der Waals surface area contributed by atoms with Gasteiger partial charge in [-0.3, -0.25) is 4.79 Å². The minimum atomic E-state index is -0.275. The second-order valence-electron chi connectivity index (χ2n) is 5.87. The van der Waals surface area contributed by atoms with E-state index in [2.05, 4.69) is 0 Å². The van der Waals surface area contributed by atoms with E-state index >= 15 is 0 Å². The van der Waals surface area contributed by atoms with Gasteiger partial charge in [-0.2, -0.15) is 0 Å². The monoisotopic (exact) mass is 305 g/mol. The smallest absolute Gasteiger partial charge is 0.260 e. The molecule has 0 bridgehead atoms. The van der Waals surface area contributed by atoms with Gasteiger partial charge in [0.2, 0.25) is 0 Å². The van der Waals surface area contributed by atoms with E-state index in [0.29, 0.717) is 13.2 Å². The van der Waals surface area contributed by atoms with Gasteiger partial charge in [0.05, 0.1) is 19.3 Å². The lowest BCUT2D eigenvalue weighted by molar-refractivity contribution is -0.152. The zero-order valence-corrected chi connectivity index (χ0v) is 13.0. The quantitative estimate of drug-likeness (QED) is 0.855. The van der Waals surface area contributed by atoms with Crippen LogP contribution in [0.5, 0.6) is 5.75 Å². The lowest BCUT2D eigenvalue weighted by Gasteiger charge is -2.37. The van der Waals surface area contributed by atoms with E-state index in [1.165, 1.54) is 0 Å². The van der Waals surface area contributed by atoms with Gasteiger partial charge in [-0.25, -0.2) is 0 Å². The SMILES string of the molecule is Cc1cccc(OCC(=O)N2CCCC[C@@H]2C2OCCO2)c1. The molecule has 5 heteroatoms. The van der Waals surface area contributed by atoms with Gasteiger partial charge in [0.25, 0.3) is 5.91 Å². The fraction of sp³-hybridized carbons (Fsp3) is 0.588. The Morgan fingerprint density at radius 1 is 1.32 bits per heavy atom. The van der Waals surface area contributed by atoms with Crippen molar-refractivity contribution < 1.29 is 19.0 Å². The zero-order chi connectivity index (χ0) is 15.4. The Labute approximate surface area is 131 Å². The number of ether oxygens (including phenoxy) is 3. The van der Waals surface area contributed by atoms with Crippen LogP contribution in [0.15, 0.2) is 24.3 Å². The van der Waals surface area contributed by atoms with Crippen molar-refractivity contribution in [2.24, 2.45) is 0 Å². The maximum atomic E-state index is 12.5. The van der Waals surface area contributed by atoms with E-state index in [1.807, 2.05) is 36.1 Å². The summed E-state index contributed by atoms with van der Waals surface area (Å²) < 4.78 is 16.8. The Hall–Kier alpha value is -1.59. The van der Waals surface area contributed by atoms with Gasteiger partial charge in [-0.05, 0) is 43.9 Å². The Morgan fingerprint density at radius 3 is 2.91 bits per heavy atom. The Kier molecular flexibility index (Phi) is 4.95. The highest BCUT2D eigenvalue weighted by atomic mass is 16.7. The third-order valence-corrected chi connectivity index (χ3v) is 4.18. The highest BCUT2D eigenvalue weighted by molar-refractivity contribution is 5.78. The van der Waals surface area contributed by atoms with Crippen molar-refractivity contribution in [1.82, 2.24) is 4.90 Å². The molecule has 22 heavy (non-hydrogen) atoms. The molecule has 2 fully saturated rings. The predicted molar refractivity (Wildman–Crippen MR) is 81.7 cm³/mol. The van der Waals surface area contributed by atoms with Gasteiger partial charge in [0.1, 0.15) is 5.75 Å². The van der Waals surface area contributed by atoms with Crippen molar-refractivity contribution in [3.8, 4) is 5.75 Å². The van der Waals surface area contributed by atoms with Crippen LogP contribution in [0.25, 0.3) is 0 Å². The van der Waals surface area contributed by atoms with Crippen LogP contribution in [0.2, 0.25) is 0 Å². The average Bonchev–Trinajstić information content (AvgIpc) is 3.07. The van der Waals surface area contributed by atoms with Crippen LogP contribution in [-0.2, 0) is 14.3 Å². The highest BCUT2D eigenvalue weighted by Crippen LogP contribution is 2.24. The Morgan fingerprint density at radius 2 is 2.14 bits per heavy atom. The topological polar surface area (TPSA) is 48.0 Å². The third-order valence-electron chi connectivity index (χ3n) is 4.18. The van der Waals surface area contributed by atoms with Crippen molar-refractivity contribution in [2.45, 2.75) is 38.5 Å². The molecule has 1 aromatic rings. The van der Waals surface area contributed by atoms with Crippen molar-refractivity contribution in [2.75, 3.05) is 26.4 Å². The molecule has 0 unspecified atom stereocenters. The number of likely N-dealkylation sites (tertiary alicyclic amines) is 1. The summed E-state index contributed by atoms with van der Waals surface area (Å²) in [6, 6.07) is 7.76. The summed E-state index contributed by atoms with van der Waals surface area (Å²) >= 11 is 0. The van der Waals surface area contributed by atoms with E-state index in [0.717, 1.165) is 37.1 Å². The first-order valence-electron chi connectivity index (χ1n) is 7.96. The van der Waals surface area contributed by atoms with E-state index in [4.69, 9.17) is 14.2 Å². The molecular weight excluding hydrogens is 282 g/mol. The van der Waals surface area contributed by atoms with Crippen LogP contribution >= 0.6 is 0 Å². The van der Waals surface area contributed by atoms with Crippen LogP contribution in [-0.4, -0.2) is 49.5 Å². The molecule has 120 valence electrons. The first-order chi connectivity index (χ1) is 10.7. The molecular formula is C17H23NO4. The number of carbonyl (C=O) groups excluding carboxylic acids is 1. The number of hydrogen-bond acceptors (Lipinski definition) is 4. The molecule has 1 atom stereocenters. The van der Waals surface area contributed by atoms with E-state index < -0.39 is 0 Å². The summed E-state index contributed by atoms with van der Waals surface area (Å²) in [6.07, 6.45) is 2.79. The van der Waals surface area contributed by atoms with Crippen LogP contribution in [0, 0.1) is 6.92 Å². The molecule has 1 aromatic carbocycles. The van der Waals surface area contributed by atoms with Gasteiger partial charge >= 0.3 is 0 Å². The Balaban J connectivity index is 1.59. The van der Waals surface area contributed by atoms with Gasteiger partial charge in [0, 0.05) is 6.54 Å². The molecule has 0 spiro atoms. The second kappa shape index (κ2) is 7.11. The van der Waals surface area contributed by atoms with Gasteiger partial charge in [0.15, 0.2) is 12.9 Å². The van der Waals surface area contributed by atoms with Gasteiger partial charge < -0.3 is 19.1 Å². The molecule has 0 N–H and O–H groups in total. The number of rotatable bonds is 4. The molecule has 2 saturated heterocycles. The third kappa shape index (κ3) is 3.59. The fourth-order valence-electron chi connectivity index (χ4n) is 3.08. The minimum absolute atomic E-state index is 0.00491. The normalized spacial score (nSPS) is 22.8. The van der Waals surface area contributed by atoms with Gasteiger partial charge in [-0.15, -0.1) is 0 Å². The number of benzene rings is 1. The largest absolute Gasteiger partial charge is 0.484 e. The first-order valence-corrected chi connectivity index (χ1v) is 7.96. The van der Waals surface area contributed by atoms with Crippen LogP contribution < -0.4 is 4.74 Å². The molecule has 2 heterocycles. The van der Waals surface area contributed by atoms with Gasteiger partial charge in [-0.1, -0.05) is 12.1 Å². The Bertz CT molecular complexity index is 513. The van der Waals surface area contributed by atoms with Crippen LogP contribution in [0.3, 0.4) is 0 Å². The predicted octanol–water partition coefficient (Wildman–Crippen LogP) is 2.13. The van der Waals surface area contributed by atoms with Crippen molar-refractivity contribution in [1.29, 1.82) is 0 Å². The number of piperidine rings is 1. The molecule has 2 aliphatic rings. The minimum Gasteiger partial charge on any atom is -0.484 e. The summed E-state index contributed by atoms with van der Waals surface area (Å²) in [5.74, 6) is 0.737. The standard InChI is InChI=1S/C17H23NO4/c1-13-5-4-6-14(11-13)22-12-16(19)18-8-3-2-7-15(18)17-20-9-10-21-17/h4-6,11,15,17H,2-3,7-10,12H2,1H3/t15-/m1/s1. The van der Waals surface area contributed by atoms with Crippen molar-refractivity contribution in [3.63, 3.8) is 0 Å². The van der Waals surface area contributed by atoms with E-state index in [-0.39, 0.29) is 24.8 Å². The van der Waals surface area contributed by atoms with E-state index in [9.17, 15) is 4.79 Å². The molecule has 0 saturated carbocycles. The van der Waals surface area contributed by atoms with E-state index in [1.54, 1.807) is 0 Å². The maximum Gasteiger partial charge on any atom is 0.260 e. The number of hydrogen-bond donors (Lipinski definition) is 0. The zero-order valence-electron chi connectivity index (χ0n) is 13.0. The summed E-state index contributed by atoms with van der Waals surface area (Å²) in [5.41, 5.74) is 1.12. The van der Waals surface area contributed by atoms with Crippen molar-refractivity contribution in [3.05, 3.63) is 29.8 Å². The summed E-state index contributed by atoms with van der Waals surface area (Å²) in [7, 11) is 0. The molecule has 0 radical (unpaired) electrons. The fourth-order valence-corrected chi connectivity index (χ4v) is 3.08. The summed E-state index contributed by atoms with van der Waals surface area (Å²) in [6.45, 7) is 4.05. The lowest BCUT2D eigenvalue weighted by Crippen LogP contribution is -2.51. The van der Waals surface area contributed by atoms with Crippen LogP contribution in [0.1, 0.15) is 24.8 Å². The second-order valence-corrected chi connectivity index (χ2v) is 5.87. The molecule has 0 aromatic heterocycles. The maximum absolute atomic E-state index is 12.5. The number of carbonyl (C=O) groups is 1. The lowest BCUT2D eigenvalue weighted by atomic mass is 10.0. The summed E-state index contributed by atoms with van der Waals surface area (Å²) in [5, 5.41) is 0. The average molecular weight is 305 g/mol. The number of aryl methyl sites for hydroxylation is 1. The molecule has 3 rings (SSSR count). The highest BCUT2D eigenvalue weighted by Gasteiger charge is 2.36.